The number of urea groups is 1. The van der Waals surface area contributed by atoms with Gasteiger partial charge in [-0.05, 0) is 39.1 Å². The van der Waals surface area contributed by atoms with Crippen molar-refractivity contribution in [3.8, 4) is 0 Å². The van der Waals surface area contributed by atoms with Crippen molar-refractivity contribution in [2.75, 3.05) is 6.54 Å². The molecule has 1 heterocycles. The van der Waals surface area contributed by atoms with Crippen LogP contribution in [0.3, 0.4) is 0 Å². The van der Waals surface area contributed by atoms with Gasteiger partial charge in [0.15, 0.2) is 0 Å². The normalized spacial score (nSPS) is 15.1. The van der Waals surface area contributed by atoms with E-state index in [1.165, 1.54) is 11.3 Å². The number of carbonyl (C=O) groups is 1. The molecule has 5 heteroatoms. The third kappa shape index (κ3) is 4.75. The monoisotopic (exact) mass is 256 g/mol. The Hall–Kier alpha value is -1.07. The summed E-state index contributed by atoms with van der Waals surface area (Å²) in [6.45, 7) is 7.60. The number of hydrogen-bond donors (Lipinski definition) is 3. The van der Waals surface area contributed by atoms with Crippen LogP contribution in [-0.2, 0) is 5.60 Å². The van der Waals surface area contributed by atoms with Gasteiger partial charge in [0.2, 0.25) is 0 Å². The summed E-state index contributed by atoms with van der Waals surface area (Å²) in [7, 11) is 0. The van der Waals surface area contributed by atoms with E-state index in [0.29, 0.717) is 0 Å². The molecule has 0 aliphatic carbocycles. The molecule has 0 radical (unpaired) electrons. The van der Waals surface area contributed by atoms with Crippen LogP contribution < -0.4 is 10.6 Å². The van der Waals surface area contributed by atoms with Gasteiger partial charge in [0, 0.05) is 10.4 Å². The molecule has 0 aromatic carbocycles. The first-order chi connectivity index (χ1) is 7.71. The van der Waals surface area contributed by atoms with E-state index in [1.807, 2.05) is 38.3 Å². The minimum absolute atomic E-state index is 0.190. The zero-order chi connectivity index (χ0) is 13.1. The molecule has 3 N–H and O–H groups in total. The van der Waals surface area contributed by atoms with Crippen molar-refractivity contribution < 1.29 is 9.90 Å². The van der Waals surface area contributed by atoms with E-state index in [1.54, 1.807) is 6.92 Å². The lowest BCUT2D eigenvalue weighted by molar-refractivity contribution is 0.0628. The van der Waals surface area contributed by atoms with Crippen molar-refractivity contribution in [2.24, 2.45) is 0 Å². The third-order valence-corrected chi connectivity index (χ3v) is 3.26. The summed E-state index contributed by atoms with van der Waals surface area (Å²) < 4.78 is 0. The molecule has 0 spiro atoms. The average molecular weight is 256 g/mol. The molecular formula is C12H20N2O2S. The highest BCUT2D eigenvalue weighted by atomic mass is 32.1. The molecule has 1 rings (SSSR count). The van der Waals surface area contributed by atoms with Gasteiger partial charge in [-0.15, -0.1) is 11.3 Å². The maximum atomic E-state index is 11.5. The summed E-state index contributed by atoms with van der Waals surface area (Å²) >= 11 is 1.47. The van der Waals surface area contributed by atoms with Crippen molar-refractivity contribution >= 4 is 17.4 Å². The Morgan fingerprint density at radius 1 is 1.41 bits per heavy atom. The molecule has 0 aliphatic heterocycles. The number of hydrogen-bond acceptors (Lipinski definition) is 3. The fourth-order valence-electron chi connectivity index (χ4n) is 1.31. The van der Waals surface area contributed by atoms with Gasteiger partial charge in [0.25, 0.3) is 0 Å². The van der Waals surface area contributed by atoms with Gasteiger partial charge in [-0.3, -0.25) is 0 Å². The van der Waals surface area contributed by atoms with Gasteiger partial charge < -0.3 is 15.7 Å². The van der Waals surface area contributed by atoms with E-state index in [4.69, 9.17) is 0 Å². The standard InChI is InChI=1S/C12H20N2O2S/c1-11(2,3)14-10(15)13-8-12(4,16)9-6-5-7-17-9/h5-7,16H,8H2,1-4H3,(H2,13,14,15). The topological polar surface area (TPSA) is 61.4 Å². The highest BCUT2D eigenvalue weighted by Gasteiger charge is 2.25. The number of carbonyl (C=O) groups excluding carboxylic acids is 1. The van der Waals surface area contributed by atoms with Crippen LogP contribution in [-0.4, -0.2) is 23.2 Å². The van der Waals surface area contributed by atoms with Gasteiger partial charge in [0.05, 0.1) is 6.54 Å². The molecular weight excluding hydrogens is 236 g/mol. The van der Waals surface area contributed by atoms with Crippen molar-refractivity contribution in [1.29, 1.82) is 0 Å². The molecule has 1 atom stereocenters. The number of aliphatic hydroxyl groups is 1. The lowest BCUT2D eigenvalue weighted by Crippen LogP contribution is -2.49. The van der Waals surface area contributed by atoms with E-state index >= 15 is 0 Å². The average Bonchev–Trinajstić information content (AvgIpc) is 2.65. The zero-order valence-electron chi connectivity index (χ0n) is 10.7. The Balaban J connectivity index is 2.48. The minimum Gasteiger partial charge on any atom is -0.383 e. The highest BCUT2D eigenvalue weighted by molar-refractivity contribution is 7.10. The Kier molecular flexibility index (Phi) is 4.16. The molecule has 1 aromatic heterocycles. The number of thiophene rings is 1. The smallest absolute Gasteiger partial charge is 0.315 e. The number of nitrogens with one attached hydrogen (secondary N) is 2. The molecule has 0 fully saturated rings. The second-order valence-electron chi connectivity index (χ2n) is 5.31. The van der Waals surface area contributed by atoms with Gasteiger partial charge in [0.1, 0.15) is 5.60 Å². The van der Waals surface area contributed by atoms with Crippen LogP contribution in [0.1, 0.15) is 32.6 Å². The Labute approximate surface area is 106 Å². The zero-order valence-corrected chi connectivity index (χ0v) is 11.5. The molecule has 0 bridgehead atoms. The highest BCUT2D eigenvalue weighted by Crippen LogP contribution is 2.24. The van der Waals surface area contributed by atoms with Crippen LogP contribution in [0.4, 0.5) is 4.79 Å². The molecule has 1 unspecified atom stereocenters. The number of amides is 2. The molecule has 4 nitrogen and oxygen atoms in total. The van der Waals surface area contributed by atoms with Crippen LogP contribution in [0.5, 0.6) is 0 Å². The van der Waals surface area contributed by atoms with Crippen molar-refractivity contribution in [1.82, 2.24) is 10.6 Å². The molecule has 0 saturated heterocycles. The molecule has 2 amide bonds. The van der Waals surface area contributed by atoms with Crippen molar-refractivity contribution in [3.05, 3.63) is 22.4 Å². The molecule has 0 saturated carbocycles. The Morgan fingerprint density at radius 3 is 2.53 bits per heavy atom. The first-order valence-electron chi connectivity index (χ1n) is 5.53. The van der Waals surface area contributed by atoms with E-state index in [-0.39, 0.29) is 18.1 Å². The van der Waals surface area contributed by atoms with Crippen LogP contribution in [0.2, 0.25) is 0 Å². The SMILES string of the molecule is CC(C)(C)NC(=O)NCC(C)(O)c1cccs1. The number of rotatable bonds is 3. The lowest BCUT2D eigenvalue weighted by atomic mass is 10.1. The lowest BCUT2D eigenvalue weighted by Gasteiger charge is -2.25. The van der Waals surface area contributed by atoms with Crippen LogP contribution in [0, 0.1) is 0 Å². The fourth-order valence-corrected chi connectivity index (χ4v) is 2.10. The van der Waals surface area contributed by atoms with E-state index < -0.39 is 5.60 Å². The predicted molar refractivity (Wildman–Crippen MR) is 70.2 cm³/mol. The summed E-state index contributed by atoms with van der Waals surface area (Å²) in [4.78, 5) is 12.4. The molecule has 17 heavy (non-hydrogen) atoms. The van der Waals surface area contributed by atoms with Crippen LogP contribution >= 0.6 is 11.3 Å². The maximum absolute atomic E-state index is 11.5. The summed E-state index contributed by atoms with van der Waals surface area (Å²) in [6.07, 6.45) is 0. The van der Waals surface area contributed by atoms with E-state index in [9.17, 15) is 9.90 Å². The van der Waals surface area contributed by atoms with Gasteiger partial charge in [-0.1, -0.05) is 6.07 Å². The summed E-state index contributed by atoms with van der Waals surface area (Å²) in [5, 5.41) is 17.5. The second-order valence-corrected chi connectivity index (χ2v) is 6.26. The Morgan fingerprint density at radius 2 is 2.06 bits per heavy atom. The molecule has 1 aromatic rings. The predicted octanol–water partition coefficient (Wildman–Crippen LogP) is 2.05. The minimum atomic E-state index is -1.02. The van der Waals surface area contributed by atoms with Gasteiger partial charge >= 0.3 is 6.03 Å². The molecule has 96 valence electrons. The first-order valence-corrected chi connectivity index (χ1v) is 6.41. The summed E-state index contributed by atoms with van der Waals surface area (Å²) in [5.74, 6) is 0. The van der Waals surface area contributed by atoms with E-state index in [0.717, 1.165) is 4.88 Å². The third-order valence-electron chi connectivity index (χ3n) is 2.13. The van der Waals surface area contributed by atoms with Crippen molar-refractivity contribution in [3.63, 3.8) is 0 Å². The quantitative estimate of drug-likeness (QED) is 0.775. The molecule has 0 aliphatic rings. The first kappa shape index (κ1) is 14.0. The largest absolute Gasteiger partial charge is 0.383 e. The van der Waals surface area contributed by atoms with Crippen LogP contribution in [0.15, 0.2) is 17.5 Å². The van der Waals surface area contributed by atoms with Gasteiger partial charge in [-0.25, -0.2) is 4.79 Å². The van der Waals surface area contributed by atoms with E-state index in [2.05, 4.69) is 10.6 Å². The summed E-state index contributed by atoms with van der Waals surface area (Å²) in [5.41, 5.74) is -1.30. The Bertz CT molecular complexity index is 366. The van der Waals surface area contributed by atoms with Crippen LogP contribution in [0.25, 0.3) is 0 Å². The summed E-state index contributed by atoms with van der Waals surface area (Å²) in [6, 6.07) is 3.46. The fraction of sp³-hybridized carbons (Fsp3) is 0.583. The van der Waals surface area contributed by atoms with Crippen molar-refractivity contribution in [2.45, 2.75) is 38.8 Å². The second kappa shape index (κ2) is 5.06. The van der Waals surface area contributed by atoms with Gasteiger partial charge in [-0.2, -0.15) is 0 Å². The maximum Gasteiger partial charge on any atom is 0.315 e.